The fourth-order valence-electron chi connectivity index (χ4n) is 3.57. The molecule has 4 nitrogen and oxygen atoms in total. The number of pyridine rings is 1. The molecule has 1 aromatic heterocycles. The van der Waals surface area contributed by atoms with Crippen molar-refractivity contribution in [2.24, 2.45) is 0 Å². The lowest BCUT2D eigenvalue weighted by atomic mass is 9.90. The third kappa shape index (κ3) is 3.23. The highest BCUT2D eigenvalue weighted by Gasteiger charge is 2.27. The Morgan fingerprint density at radius 1 is 0.958 bits per heavy atom. The number of hydrogen-bond donors (Lipinski definition) is 4. The van der Waals surface area contributed by atoms with E-state index in [2.05, 4.69) is 94.2 Å². The van der Waals surface area contributed by atoms with Crippen LogP contribution in [0.1, 0.15) is 30.6 Å². The summed E-state index contributed by atoms with van der Waals surface area (Å²) in [6.07, 6.45) is 6.75. The number of rotatable bonds is 3. The molecule has 0 atom stereocenters. The van der Waals surface area contributed by atoms with Gasteiger partial charge < -0.3 is 10.6 Å². The van der Waals surface area contributed by atoms with Crippen molar-refractivity contribution in [3.63, 3.8) is 0 Å². The molecule has 0 saturated carbocycles. The normalized spacial score (nSPS) is 19.1. The Kier molecular flexibility index (Phi) is 4.61. The number of piperidine rings is 1. The quantitative estimate of drug-likeness (QED) is 0.385. The molecule has 1 saturated heterocycles. The zero-order chi connectivity index (χ0) is 16.5. The van der Waals surface area contributed by atoms with Crippen molar-refractivity contribution in [2.45, 2.75) is 29.8 Å². The maximum Gasteiger partial charge on any atom is 0.311 e. The van der Waals surface area contributed by atoms with Gasteiger partial charge in [-0.2, -0.15) is 4.57 Å². The van der Waals surface area contributed by atoms with Crippen LogP contribution in [0.25, 0.3) is 0 Å². The van der Waals surface area contributed by atoms with Crippen LogP contribution in [0.3, 0.4) is 0 Å². The summed E-state index contributed by atoms with van der Waals surface area (Å²) in [7, 11) is 0. The summed E-state index contributed by atoms with van der Waals surface area (Å²) in [6, 6.07) is 12.8. The smallest absolute Gasteiger partial charge is 0.307 e. The molecule has 2 aliphatic heterocycles. The lowest BCUT2D eigenvalue weighted by Crippen LogP contribution is -2.45. The molecule has 2 aliphatic rings. The van der Waals surface area contributed by atoms with Crippen molar-refractivity contribution in [2.75, 3.05) is 23.7 Å². The zero-order valence-corrected chi connectivity index (χ0v) is 15.3. The van der Waals surface area contributed by atoms with Gasteiger partial charge in [-0.05, 0) is 36.5 Å². The lowest BCUT2D eigenvalue weighted by molar-refractivity contribution is -0.710. The van der Waals surface area contributed by atoms with E-state index in [-0.39, 0.29) is 11.0 Å². The number of nitrogens with one attached hydrogen (secondary N) is 2. The predicted molar refractivity (Wildman–Crippen MR) is 105 cm³/mol. The summed E-state index contributed by atoms with van der Waals surface area (Å²) >= 11 is 8.83. The Hall–Kier alpha value is -1.37. The van der Waals surface area contributed by atoms with Crippen molar-refractivity contribution < 1.29 is 4.57 Å². The van der Waals surface area contributed by atoms with Crippen molar-refractivity contribution in [1.29, 1.82) is 0 Å². The molecule has 0 aliphatic carbocycles. The second kappa shape index (κ2) is 6.86. The molecule has 2 N–H and O–H groups in total. The fraction of sp³-hybridized carbons (Fsp3) is 0.389. The minimum Gasteiger partial charge on any atom is -0.307 e. The number of hydrogen-bond acceptors (Lipinski definition) is 5. The monoisotopic (exact) mass is 359 g/mol. The Labute approximate surface area is 154 Å². The van der Waals surface area contributed by atoms with E-state index in [4.69, 9.17) is 0 Å². The van der Waals surface area contributed by atoms with E-state index in [1.807, 2.05) is 0 Å². The lowest BCUT2D eigenvalue weighted by Gasteiger charge is -2.33. The van der Waals surface area contributed by atoms with Crippen LogP contribution in [0.4, 0.5) is 11.4 Å². The standard InChI is InChI=1S/C18H22N4S2/c23-18(24)22-11-7-14(8-12-22)13-5-9-21(10-6-13)17-19-15-3-1-2-4-16(15)20-17/h1-6,9-10,14,17-20H,7-8,11-12H2,(H-,23,24)/p+1. The molecule has 6 heteroatoms. The molecule has 24 heavy (non-hydrogen) atoms. The maximum atomic E-state index is 4.42. The number of anilines is 2. The molecule has 2 aromatic rings. The molecule has 0 unspecified atom stereocenters. The first kappa shape index (κ1) is 16.1. The van der Waals surface area contributed by atoms with Crippen LogP contribution in [0.2, 0.25) is 0 Å². The van der Waals surface area contributed by atoms with Gasteiger partial charge in [-0.3, -0.25) is 4.90 Å². The van der Waals surface area contributed by atoms with Gasteiger partial charge in [0.15, 0.2) is 12.4 Å². The van der Waals surface area contributed by atoms with Crippen LogP contribution in [0.5, 0.6) is 0 Å². The summed E-state index contributed by atoms with van der Waals surface area (Å²) in [6.45, 7) is 2.14. The Morgan fingerprint density at radius 2 is 1.54 bits per heavy atom. The molecular weight excluding hydrogens is 336 g/mol. The van der Waals surface area contributed by atoms with Gasteiger partial charge in [0.05, 0.1) is 16.1 Å². The summed E-state index contributed by atoms with van der Waals surface area (Å²) < 4.78 is 2.24. The third-order valence-corrected chi connectivity index (χ3v) is 5.67. The number of fused-ring (bicyclic) bond motifs is 1. The summed E-state index contributed by atoms with van der Waals surface area (Å²) in [5.74, 6) is 0.637. The second-order valence-electron chi connectivity index (χ2n) is 6.47. The van der Waals surface area contributed by atoms with E-state index in [1.165, 1.54) is 18.4 Å². The van der Waals surface area contributed by atoms with Crippen LogP contribution in [0.15, 0.2) is 48.8 Å². The van der Waals surface area contributed by atoms with Gasteiger partial charge in [-0.25, -0.2) is 0 Å². The number of benzene rings is 1. The van der Waals surface area contributed by atoms with Gasteiger partial charge >= 0.3 is 6.29 Å². The highest BCUT2D eigenvalue weighted by Crippen LogP contribution is 2.31. The number of aromatic nitrogens is 1. The van der Waals surface area contributed by atoms with E-state index in [1.54, 1.807) is 0 Å². The Bertz CT molecular complexity index is 671. The van der Waals surface area contributed by atoms with Crippen molar-refractivity contribution in [3.05, 3.63) is 54.4 Å². The van der Waals surface area contributed by atoms with Crippen LogP contribution in [-0.2, 0) is 0 Å². The number of nitrogens with zero attached hydrogens (tertiary/aromatic N) is 2. The van der Waals surface area contributed by atoms with Gasteiger partial charge in [0.2, 0.25) is 0 Å². The zero-order valence-electron chi connectivity index (χ0n) is 13.5. The van der Waals surface area contributed by atoms with Crippen LogP contribution < -0.4 is 15.2 Å². The molecule has 126 valence electrons. The van der Waals surface area contributed by atoms with E-state index < -0.39 is 0 Å². The largest absolute Gasteiger partial charge is 0.311 e. The van der Waals surface area contributed by atoms with Crippen molar-refractivity contribution in [1.82, 2.24) is 4.90 Å². The van der Waals surface area contributed by atoms with Gasteiger partial charge in [-0.15, -0.1) is 25.3 Å². The maximum absolute atomic E-state index is 4.42. The Morgan fingerprint density at radius 3 is 2.08 bits per heavy atom. The molecule has 1 aromatic carbocycles. The number of likely N-dealkylation sites (tertiary alicyclic amines) is 1. The molecular formula is C18H23N4S2+. The molecule has 0 radical (unpaired) electrons. The number of thiol groups is 2. The fourth-order valence-corrected chi connectivity index (χ4v) is 4.03. The number of para-hydroxylation sites is 2. The predicted octanol–water partition coefficient (Wildman–Crippen LogP) is 3.29. The SMILES string of the molecule is SC(S)N1CCC(c2cc[n+](C3Nc4ccccc4N3)cc2)CC1. The van der Waals surface area contributed by atoms with Gasteiger partial charge in [0.25, 0.3) is 0 Å². The summed E-state index contributed by atoms with van der Waals surface area (Å²) in [5, 5.41) is 6.99. The molecule has 0 amide bonds. The third-order valence-electron chi connectivity index (χ3n) is 5.02. The van der Waals surface area contributed by atoms with Crippen LogP contribution >= 0.6 is 25.3 Å². The topological polar surface area (TPSA) is 31.2 Å². The highest BCUT2D eigenvalue weighted by molar-refractivity contribution is 7.99. The van der Waals surface area contributed by atoms with E-state index >= 15 is 0 Å². The molecule has 4 rings (SSSR count). The average Bonchev–Trinajstić information content (AvgIpc) is 3.06. The van der Waals surface area contributed by atoms with E-state index in [0.29, 0.717) is 5.92 Å². The van der Waals surface area contributed by atoms with Crippen LogP contribution in [-0.4, -0.2) is 22.7 Å². The van der Waals surface area contributed by atoms with Gasteiger partial charge in [-0.1, -0.05) is 12.1 Å². The minimum atomic E-state index is 0.0602. The van der Waals surface area contributed by atoms with Gasteiger partial charge in [0.1, 0.15) is 0 Å². The van der Waals surface area contributed by atoms with E-state index in [9.17, 15) is 0 Å². The Balaban J connectivity index is 1.41. The first-order valence-electron chi connectivity index (χ1n) is 8.44. The minimum absolute atomic E-state index is 0.0602. The highest BCUT2D eigenvalue weighted by atomic mass is 32.2. The molecule has 0 spiro atoms. The average molecular weight is 360 g/mol. The van der Waals surface area contributed by atoms with Crippen molar-refractivity contribution in [3.8, 4) is 0 Å². The summed E-state index contributed by atoms with van der Waals surface area (Å²) in [5.41, 5.74) is 3.73. The van der Waals surface area contributed by atoms with E-state index in [0.717, 1.165) is 24.5 Å². The van der Waals surface area contributed by atoms with Crippen molar-refractivity contribution >= 4 is 36.6 Å². The van der Waals surface area contributed by atoms with Gasteiger partial charge in [0, 0.05) is 25.2 Å². The second-order valence-corrected chi connectivity index (χ2v) is 7.86. The van der Waals surface area contributed by atoms with Crippen LogP contribution in [0, 0.1) is 0 Å². The first-order chi connectivity index (χ1) is 11.7. The molecule has 1 fully saturated rings. The summed E-state index contributed by atoms with van der Waals surface area (Å²) in [4.78, 5) is 2.31. The molecule has 3 heterocycles. The first-order valence-corrected chi connectivity index (χ1v) is 9.47. The molecule has 0 bridgehead atoms.